The highest BCUT2D eigenvalue weighted by Crippen LogP contribution is 2.33. The van der Waals surface area contributed by atoms with Crippen molar-refractivity contribution in [2.75, 3.05) is 6.54 Å². The van der Waals surface area contributed by atoms with Gasteiger partial charge in [-0.2, -0.15) is 0 Å². The molecular weight excluding hydrogens is 340 g/mol. The van der Waals surface area contributed by atoms with Crippen LogP contribution in [0.15, 0.2) is 43.3 Å². The van der Waals surface area contributed by atoms with Gasteiger partial charge in [-0.15, -0.1) is 11.3 Å². The number of hydrogen-bond acceptors (Lipinski definition) is 4. The average Bonchev–Trinajstić information content (AvgIpc) is 3.00. The summed E-state index contributed by atoms with van der Waals surface area (Å²) in [5.41, 5.74) is 2.38. The molecule has 0 amide bonds. The van der Waals surface area contributed by atoms with Gasteiger partial charge in [0.05, 0.1) is 11.6 Å². The Kier molecular flexibility index (Phi) is 3.78. The number of aromatic amines is 1. The van der Waals surface area contributed by atoms with Crippen molar-refractivity contribution in [1.82, 2.24) is 10.3 Å². The topological polar surface area (TPSA) is 58.0 Å². The van der Waals surface area contributed by atoms with Crippen molar-refractivity contribution >= 4 is 38.4 Å². The van der Waals surface area contributed by atoms with Crippen LogP contribution < -0.4 is 11.1 Å². The summed E-state index contributed by atoms with van der Waals surface area (Å²) in [5.74, 6) is -0.422. The molecule has 0 bridgehead atoms. The van der Waals surface area contributed by atoms with E-state index in [1.807, 2.05) is 24.3 Å². The fourth-order valence-electron chi connectivity index (χ4n) is 2.22. The van der Waals surface area contributed by atoms with E-state index in [9.17, 15) is 4.79 Å². The van der Waals surface area contributed by atoms with Crippen LogP contribution in [0.5, 0.6) is 0 Å². The Balaban J connectivity index is 2.09. The molecule has 1 unspecified atom stereocenters. The first-order valence-electron chi connectivity index (χ1n) is 6.28. The molecule has 0 saturated carbocycles. The number of rotatable bonds is 4. The summed E-state index contributed by atoms with van der Waals surface area (Å²) in [6.45, 7) is 2.92. The minimum atomic E-state index is -0.422. The quantitative estimate of drug-likeness (QED) is 0.753. The summed E-state index contributed by atoms with van der Waals surface area (Å²) in [6.07, 6.45) is 0. The number of aromatic nitrogens is 1. The van der Waals surface area contributed by atoms with Crippen molar-refractivity contribution in [3.8, 4) is 0 Å². The van der Waals surface area contributed by atoms with Crippen molar-refractivity contribution in [3.05, 3.63) is 55.1 Å². The van der Waals surface area contributed by atoms with Gasteiger partial charge in [-0.25, -0.2) is 4.79 Å². The zero-order valence-corrected chi connectivity index (χ0v) is 13.2. The van der Waals surface area contributed by atoms with Crippen LogP contribution in [0.2, 0.25) is 0 Å². The predicted molar refractivity (Wildman–Crippen MR) is 84.4 cm³/mol. The lowest BCUT2D eigenvalue weighted by Gasteiger charge is -2.17. The van der Waals surface area contributed by atoms with Crippen molar-refractivity contribution in [1.29, 1.82) is 0 Å². The first kappa shape index (κ1) is 13.6. The lowest BCUT2D eigenvalue weighted by Crippen LogP contribution is -2.21. The van der Waals surface area contributed by atoms with E-state index in [0.717, 1.165) is 22.1 Å². The molecule has 1 aromatic carbocycles. The highest BCUT2D eigenvalue weighted by molar-refractivity contribution is 9.10. The van der Waals surface area contributed by atoms with Gasteiger partial charge < -0.3 is 9.73 Å². The summed E-state index contributed by atoms with van der Waals surface area (Å²) < 4.78 is 6.22. The molecule has 0 spiro atoms. The number of oxazole rings is 1. The Morgan fingerprint density at radius 2 is 2.30 bits per heavy atom. The number of halogens is 1. The molecule has 2 aromatic heterocycles. The highest BCUT2D eigenvalue weighted by atomic mass is 79.9. The van der Waals surface area contributed by atoms with E-state index in [-0.39, 0.29) is 6.04 Å². The molecule has 0 fully saturated rings. The normalized spacial score (nSPS) is 12.9. The van der Waals surface area contributed by atoms with Crippen LogP contribution in [-0.2, 0) is 0 Å². The highest BCUT2D eigenvalue weighted by Gasteiger charge is 2.18. The SMILES string of the molecule is CCNC(c1ccc2[nH]c(=O)oc2c1)c1sccc1Br. The summed E-state index contributed by atoms with van der Waals surface area (Å²) in [4.78, 5) is 15.1. The van der Waals surface area contributed by atoms with Crippen molar-refractivity contribution in [2.24, 2.45) is 0 Å². The van der Waals surface area contributed by atoms with Gasteiger partial charge in [0.25, 0.3) is 0 Å². The fourth-order valence-corrected chi connectivity index (χ4v) is 3.92. The summed E-state index contributed by atoms with van der Waals surface area (Å²) in [7, 11) is 0. The monoisotopic (exact) mass is 352 g/mol. The van der Waals surface area contributed by atoms with Gasteiger partial charge in [-0.1, -0.05) is 13.0 Å². The third-order valence-electron chi connectivity index (χ3n) is 3.09. The molecule has 2 N–H and O–H groups in total. The average molecular weight is 353 g/mol. The Morgan fingerprint density at radius 1 is 1.45 bits per heavy atom. The third kappa shape index (κ3) is 2.46. The number of nitrogens with one attached hydrogen (secondary N) is 2. The van der Waals surface area contributed by atoms with Crippen LogP contribution >= 0.6 is 27.3 Å². The molecule has 4 nitrogen and oxygen atoms in total. The molecule has 0 aliphatic heterocycles. The number of benzene rings is 1. The van der Waals surface area contributed by atoms with E-state index in [1.54, 1.807) is 11.3 Å². The second-order valence-corrected chi connectivity index (χ2v) is 6.20. The molecule has 0 radical (unpaired) electrons. The maximum Gasteiger partial charge on any atom is 0.417 e. The molecule has 104 valence electrons. The minimum absolute atomic E-state index is 0.0824. The lowest BCUT2D eigenvalue weighted by atomic mass is 10.0. The van der Waals surface area contributed by atoms with Gasteiger partial charge >= 0.3 is 5.76 Å². The number of fused-ring (bicyclic) bond motifs is 1. The van der Waals surface area contributed by atoms with Crippen LogP contribution in [0.3, 0.4) is 0 Å². The number of thiophene rings is 1. The largest absolute Gasteiger partial charge is 0.417 e. The standard InChI is InChI=1S/C14H13BrN2O2S/c1-2-16-12(13-9(15)5-6-20-13)8-3-4-10-11(7-8)19-14(18)17-10/h3-7,12,16H,2H2,1H3,(H,17,18). The minimum Gasteiger partial charge on any atom is -0.408 e. The smallest absolute Gasteiger partial charge is 0.408 e. The van der Waals surface area contributed by atoms with Gasteiger partial charge in [-0.05, 0) is 51.6 Å². The van der Waals surface area contributed by atoms with Crippen LogP contribution in [0, 0.1) is 0 Å². The Hall–Kier alpha value is -1.37. The Bertz CT molecular complexity index is 790. The molecule has 0 aliphatic rings. The first-order chi connectivity index (χ1) is 9.69. The van der Waals surface area contributed by atoms with E-state index in [1.165, 1.54) is 4.88 Å². The molecule has 0 aliphatic carbocycles. The van der Waals surface area contributed by atoms with E-state index >= 15 is 0 Å². The van der Waals surface area contributed by atoms with Crippen LogP contribution in [0.4, 0.5) is 0 Å². The summed E-state index contributed by atoms with van der Waals surface area (Å²) in [6, 6.07) is 7.92. The van der Waals surface area contributed by atoms with Crippen molar-refractivity contribution in [2.45, 2.75) is 13.0 Å². The maximum atomic E-state index is 11.2. The van der Waals surface area contributed by atoms with Crippen LogP contribution in [0.1, 0.15) is 23.4 Å². The molecule has 0 saturated heterocycles. The van der Waals surface area contributed by atoms with Crippen LogP contribution in [-0.4, -0.2) is 11.5 Å². The number of hydrogen-bond donors (Lipinski definition) is 2. The van der Waals surface area contributed by atoms with E-state index in [4.69, 9.17) is 4.42 Å². The lowest BCUT2D eigenvalue weighted by molar-refractivity contribution is 0.554. The van der Waals surface area contributed by atoms with E-state index < -0.39 is 5.76 Å². The predicted octanol–water partition coefficient (Wildman–Crippen LogP) is 3.64. The molecule has 6 heteroatoms. The summed E-state index contributed by atoms with van der Waals surface area (Å²) >= 11 is 5.27. The Labute approximate surface area is 127 Å². The van der Waals surface area contributed by atoms with Crippen molar-refractivity contribution < 1.29 is 4.42 Å². The molecule has 3 rings (SSSR count). The fraction of sp³-hybridized carbons (Fsp3) is 0.214. The number of H-pyrrole nitrogens is 1. The van der Waals surface area contributed by atoms with Crippen LogP contribution in [0.25, 0.3) is 11.1 Å². The van der Waals surface area contributed by atoms with Gasteiger partial charge in [0.15, 0.2) is 5.58 Å². The second-order valence-electron chi connectivity index (χ2n) is 4.39. The maximum absolute atomic E-state index is 11.2. The Morgan fingerprint density at radius 3 is 3.00 bits per heavy atom. The first-order valence-corrected chi connectivity index (χ1v) is 7.95. The molecule has 20 heavy (non-hydrogen) atoms. The third-order valence-corrected chi connectivity index (χ3v) is 5.03. The second kappa shape index (κ2) is 5.55. The van der Waals surface area contributed by atoms with Gasteiger partial charge in [0.1, 0.15) is 0 Å². The molecular formula is C14H13BrN2O2S. The van der Waals surface area contributed by atoms with Crippen molar-refractivity contribution in [3.63, 3.8) is 0 Å². The van der Waals surface area contributed by atoms with Gasteiger partial charge in [0, 0.05) is 9.35 Å². The summed E-state index contributed by atoms with van der Waals surface area (Å²) in [5, 5.41) is 5.52. The zero-order chi connectivity index (χ0) is 14.1. The van der Waals surface area contributed by atoms with Gasteiger partial charge in [-0.3, -0.25) is 4.98 Å². The molecule has 2 heterocycles. The zero-order valence-electron chi connectivity index (χ0n) is 10.8. The molecule has 1 atom stereocenters. The molecule has 3 aromatic rings. The van der Waals surface area contributed by atoms with E-state index in [2.05, 4.69) is 38.5 Å². The van der Waals surface area contributed by atoms with E-state index in [0.29, 0.717) is 5.58 Å². The van der Waals surface area contributed by atoms with Gasteiger partial charge in [0.2, 0.25) is 0 Å².